The van der Waals surface area contributed by atoms with Gasteiger partial charge in [-0.3, -0.25) is 10.1 Å². The zero-order valence-electron chi connectivity index (χ0n) is 11.5. The largest absolute Gasteiger partial charge is 0.378 e. The van der Waals surface area contributed by atoms with Crippen molar-refractivity contribution in [2.75, 3.05) is 26.3 Å². The van der Waals surface area contributed by atoms with Gasteiger partial charge in [0, 0.05) is 37.7 Å². The second-order valence-electron chi connectivity index (χ2n) is 4.40. The molecule has 0 aliphatic carbocycles. The quantitative estimate of drug-likeness (QED) is 0.273. The van der Waals surface area contributed by atoms with E-state index < -0.39 is 10.9 Å². The van der Waals surface area contributed by atoms with E-state index in [1.165, 1.54) is 19.1 Å². The van der Waals surface area contributed by atoms with Crippen LogP contribution in [-0.4, -0.2) is 47.9 Å². The third kappa shape index (κ3) is 3.99. The Kier molecular flexibility index (Phi) is 4.83. The van der Waals surface area contributed by atoms with Gasteiger partial charge in [0.1, 0.15) is 0 Å². The standard InChI is InChI=1S/C13H15N3O5/c1-10(17)21-14-13(15-6-8-20-9-7-15)11-2-4-12(5-3-11)16(18)19/h2-5H,6-9H2,1H3. The van der Waals surface area contributed by atoms with Crippen molar-refractivity contribution in [1.82, 2.24) is 4.90 Å². The molecule has 0 aromatic heterocycles. The number of nitro benzene ring substituents is 1. The van der Waals surface area contributed by atoms with Crippen LogP contribution in [0.1, 0.15) is 12.5 Å². The maximum absolute atomic E-state index is 10.9. The summed E-state index contributed by atoms with van der Waals surface area (Å²) in [6.45, 7) is 3.57. The first-order chi connectivity index (χ1) is 10.1. The van der Waals surface area contributed by atoms with Crippen LogP contribution in [-0.2, 0) is 14.4 Å². The van der Waals surface area contributed by atoms with Gasteiger partial charge in [0.15, 0.2) is 5.84 Å². The fourth-order valence-corrected chi connectivity index (χ4v) is 1.91. The zero-order valence-corrected chi connectivity index (χ0v) is 11.5. The molecule has 8 heteroatoms. The van der Waals surface area contributed by atoms with Gasteiger partial charge in [-0.05, 0) is 12.1 Å². The molecule has 0 spiro atoms. The fourth-order valence-electron chi connectivity index (χ4n) is 1.91. The van der Waals surface area contributed by atoms with Crippen molar-refractivity contribution < 1.29 is 19.3 Å². The van der Waals surface area contributed by atoms with Crippen molar-refractivity contribution >= 4 is 17.5 Å². The first kappa shape index (κ1) is 14.9. The van der Waals surface area contributed by atoms with Crippen molar-refractivity contribution in [3.63, 3.8) is 0 Å². The minimum absolute atomic E-state index is 0.00689. The molecule has 1 saturated heterocycles. The van der Waals surface area contributed by atoms with Crippen LogP contribution >= 0.6 is 0 Å². The molecule has 0 amide bonds. The van der Waals surface area contributed by atoms with E-state index in [-0.39, 0.29) is 5.69 Å². The summed E-state index contributed by atoms with van der Waals surface area (Å²) in [5.41, 5.74) is 0.635. The molecular formula is C13H15N3O5. The van der Waals surface area contributed by atoms with Gasteiger partial charge in [-0.25, -0.2) is 4.79 Å². The highest BCUT2D eigenvalue weighted by molar-refractivity contribution is 5.99. The molecule has 1 fully saturated rings. The smallest absolute Gasteiger partial charge is 0.332 e. The van der Waals surface area contributed by atoms with E-state index in [0.717, 1.165) is 0 Å². The highest BCUT2D eigenvalue weighted by atomic mass is 16.7. The third-order valence-corrected chi connectivity index (χ3v) is 2.91. The number of benzene rings is 1. The SMILES string of the molecule is CC(=O)ON=C(c1ccc([N+](=O)[O-])cc1)N1CCOCC1. The number of morpholine rings is 1. The average Bonchev–Trinajstić information content (AvgIpc) is 2.49. The van der Waals surface area contributed by atoms with E-state index in [9.17, 15) is 14.9 Å². The maximum atomic E-state index is 10.9. The third-order valence-electron chi connectivity index (χ3n) is 2.91. The van der Waals surface area contributed by atoms with Crippen molar-refractivity contribution in [2.24, 2.45) is 5.16 Å². The van der Waals surface area contributed by atoms with Crippen LogP contribution in [0, 0.1) is 10.1 Å². The summed E-state index contributed by atoms with van der Waals surface area (Å²) >= 11 is 0. The lowest BCUT2D eigenvalue weighted by Gasteiger charge is -2.29. The summed E-state index contributed by atoms with van der Waals surface area (Å²) in [4.78, 5) is 27.8. The summed E-state index contributed by atoms with van der Waals surface area (Å²) in [5, 5.41) is 14.5. The second-order valence-corrected chi connectivity index (χ2v) is 4.40. The minimum Gasteiger partial charge on any atom is -0.378 e. The highest BCUT2D eigenvalue weighted by Gasteiger charge is 2.19. The Morgan fingerprint density at radius 2 is 1.95 bits per heavy atom. The van der Waals surface area contributed by atoms with Gasteiger partial charge in [-0.2, -0.15) is 0 Å². The molecule has 1 aliphatic heterocycles. The van der Waals surface area contributed by atoms with E-state index in [1.54, 1.807) is 12.1 Å². The average molecular weight is 293 g/mol. The van der Waals surface area contributed by atoms with Crippen LogP contribution in [0.25, 0.3) is 0 Å². The molecule has 0 N–H and O–H groups in total. The summed E-state index contributed by atoms with van der Waals surface area (Å²) in [6.07, 6.45) is 0. The lowest BCUT2D eigenvalue weighted by Crippen LogP contribution is -2.41. The summed E-state index contributed by atoms with van der Waals surface area (Å²) < 4.78 is 5.27. The summed E-state index contributed by atoms with van der Waals surface area (Å²) in [5.74, 6) is -0.0638. The number of ether oxygens (including phenoxy) is 1. The lowest BCUT2D eigenvalue weighted by atomic mass is 10.1. The molecule has 112 valence electrons. The van der Waals surface area contributed by atoms with Crippen molar-refractivity contribution in [3.8, 4) is 0 Å². The Hall–Kier alpha value is -2.48. The van der Waals surface area contributed by atoms with Gasteiger partial charge in [0.2, 0.25) is 0 Å². The van der Waals surface area contributed by atoms with Crippen molar-refractivity contribution in [1.29, 1.82) is 0 Å². The van der Waals surface area contributed by atoms with E-state index in [0.29, 0.717) is 37.7 Å². The first-order valence-electron chi connectivity index (χ1n) is 6.41. The summed E-state index contributed by atoms with van der Waals surface area (Å²) in [6, 6.07) is 5.93. The van der Waals surface area contributed by atoms with Crippen molar-refractivity contribution in [2.45, 2.75) is 6.92 Å². The van der Waals surface area contributed by atoms with Gasteiger partial charge in [0.25, 0.3) is 5.69 Å². The number of nitrogens with zero attached hydrogens (tertiary/aromatic N) is 3. The van der Waals surface area contributed by atoms with Crippen molar-refractivity contribution in [3.05, 3.63) is 39.9 Å². The molecule has 8 nitrogen and oxygen atoms in total. The van der Waals surface area contributed by atoms with Gasteiger partial charge >= 0.3 is 5.97 Å². The molecule has 1 aromatic carbocycles. The molecule has 2 rings (SSSR count). The molecular weight excluding hydrogens is 278 g/mol. The lowest BCUT2D eigenvalue weighted by molar-refractivity contribution is -0.384. The molecule has 0 unspecified atom stereocenters. The predicted octanol–water partition coefficient (Wildman–Crippen LogP) is 1.15. The molecule has 1 aromatic rings. The molecule has 0 bridgehead atoms. The van der Waals surface area contributed by atoms with Crippen LogP contribution in [0.5, 0.6) is 0 Å². The Morgan fingerprint density at radius 1 is 1.33 bits per heavy atom. The Morgan fingerprint density at radius 3 is 2.48 bits per heavy atom. The first-order valence-corrected chi connectivity index (χ1v) is 6.41. The molecule has 0 radical (unpaired) electrons. The molecule has 1 heterocycles. The van der Waals surface area contributed by atoms with E-state index >= 15 is 0 Å². The van der Waals surface area contributed by atoms with Gasteiger partial charge in [0.05, 0.1) is 18.1 Å². The van der Waals surface area contributed by atoms with E-state index in [2.05, 4.69) is 5.16 Å². The number of nitro groups is 1. The maximum Gasteiger partial charge on any atom is 0.332 e. The number of hydrogen-bond acceptors (Lipinski definition) is 6. The Bertz CT molecular complexity index is 549. The van der Waals surface area contributed by atoms with Crippen LogP contribution in [0.2, 0.25) is 0 Å². The van der Waals surface area contributed by atoms with Crippen LogP contribution in [0.4, 0.5) is 5.69 Å². The topological polar surface area (TPSA) is 94.3 Å². The summed E-state index contributed by atoms with van der Waals surface area (Å²) in [7, 11) is 0. The number of oxime groups is 1. The van der Waals surface area contributed by atoms with Crippen LogP contribution in [0.15, 0.2) is 29.4 Å². The predicted molar refractivity (Wildman–Crippen MR) is 73.8 cm³/mol. The van der Waals surface area contributed by atoms with Gasteiger partial charge < -0.3 is 14.5 Å². The molecule has 0 saturated carbocycles. The molecule has 21 heavy (non-hydrogen) atoms. The number of carbonyl (C=O) groups is 1. The Balaban J connectivity index is 2.27. The van der Waals surface area contributed by atoms with Crippen LogP contribution in [0.3, 0.4) is 0 Å². The number of rotatable bonds is 3. The fraction of sp³-hybridized carbons (Fsp3) is 0.385. The highest BCUT2D eigenvalue weighted by Crippen LogP contribution is 2.15. The van der Waals surface area contributed by atoms with Crippen LogP contribution < -0.4 is 0 Å². The zero-order chi connectivity index (χ0) is 15.2. The van der Waals surface area contributed by atoms with Gasteiger partial charge in [-0.15, -0.1) is 0 Å². The minimum atomic E-state index is -0.525. The second kappa shape index (κ2) is 6.80. The number of hydrogen-bond donors (Lipinski definition) is 0. The molecule has 1 aliphatic rings. The monoisotopic (exact) mass is 293 g/mol. The van der Waals surface area contributed by atoms with E-state index in [4.69, 9.17) is 9.57 Å². The van der Waals surface area contributed by atoms with Gasteiger partial charge in [-0.1, -0.05) is 5.16 Å². The molecule has 0 atom stereocenters. The normalized spacial score (nSPS) is 15.7. The van der Waals surface area contributed by atoms with E-state index in [1.807, 2.05) is 4.90 Å². The Labute approximate surface area is 121 Å². The number of non-ortho nitro benzene ring substituents is 1. The number of carbonyl (C=O) groups excluding carboxylic acids is 1. The number of amidine groups is 1.